The second-order valence-corrected chi connectivity index (χ2v) is 10.4. The van der Waals surface area contributed by atoms with Gasteiger partial charge in [-0.2, -0.15) is 0 Å². The molecule has 0 aliphatic carbocycles. The van der Waals surface area contributed by atoms with Crippen molar-refractivity contribution in [2.24, 2.45) is 0 Å². The number of esters is 1. The molecule has 0 saturated heterocycles. The normalized spacial score (nSPS) is 11.6. The molecule has 0 bridgehead atoms. The first-order valence-electron chi connectivity index (χ1n) is 15.5. The number of ether oxygens (including phenoxy) is 12. The molecular formula is C30H59NO14. The number of carbonyl (C=O) groups is 2. The van der Waals surface area contributed by atoms with E-state index in [1.807, 2.05) is 20.8 Å². The Labute approximate surface area is 269 Å². The molecule has 0 spiro atoms. The summed E-state index contributed by atoms with van der Waals surface area (Å²) in [6.45, 7) is 15.2. The molecule has 0 aromatic carbocycles. The summed E-state index contributed by atoms with van der Waals surface area (Å²) in [5, 5.41) is 0. The van der Waals surface area contributed by atoms with Gasteiger partial charge in [0.15, 0.2) is 0 Å². The smallest absolute Gasteiger partial charge is 0.410 e. The van der Waals surface area contributed by atoms with Crippen LogP contribution in [-0.4, -0.2) is 175 Å². The Balaban J connectivity index is 3.16. The summed E-state index contributed by atoms with van der Waals surface area (Å²) in [5.74, 6) is -0.289. The minimum atomic E-state index is -0.512. The lowest BCUT2D eigenvalue weighted by molar-refractivity contribution is -0.141. The van der Waals surface area contributed by atoms with E-state index >= 15 is 0 Å². The maximum atomic E-state index is 11.8. The number of carbonyl (C=O) groups excluding carboxylic acids is 2. The van der Waals surface area contributed by atoms with Crippen LogP contribution in [0.15, 0.2) is 0 Å². The molecule has 0 aliphatic heterocycles. The minimum absolute atomic E-state index is 0.241. The highest BCUT2D eigenvalue weighted by Crippen LogP contribution is 2.08. The van der Waals surface area contributed by atoms with Crippen LogP contribution in [0.25, 0.3) is 0 Å². The van der Waals surface area contributed by atoms with Gasteiger partial charge in [-0.25, -0.2) is 4.79 Å². The second-order valence-electron chi connectivity index (χ2n) is 10.4. The lowest BCUT2D eigenvalue weighted by Crippen LogP contribution is -2.36. The molecule has 0 fully saturated rings. The number of nitrogens with zero attached hydrogens (tertiary/aromatic N) is 1. The van der Waals surface area contributed by atoms with Crippen LogP contribution in [0.3, 0.4) is 0 Å². The van der Waals surface area contributed by atoms with Gasteiger partial charge in [0.25, 0.3) is 0 Å². The predicted molar refractivity (Wildman–Crippen MR) is 164 cm³/mol. The largest absolute Gasteiger partial charge is 0.469 e. The summed E-state index contributed by atoms with van der Waals surface area (Å²) in [7, 11) is 3.03. The number of hydrogen-bond donors (Lipinski definition) is 0. The Hall–Kier alpha value is -1.66. The first-order chi connectivity index (χ1) is 21.8. The molecule has 1 amide bonds. The van der Waals surface area contributed by atoms with E-state index in [1.165, 1.54) is 12.0 Å². The molecule has 0 saturated carbocycles. The standard InChI is InChI=1S/C30H59NO14/c1-30(2,3)45-29(33)31(4)7-9-36-11-13-38-15-17-40-19-21-42-23-25-44-27-26-43-24-22-41-20-18-39-16-14-37-12-10-35-8-6-28(32)34-5/h6-27H2,1-5H3. The van der Waals surface area contributed by atoms with Gasteiger partial charge in [-0.1, -0.05) is 0 Å². The molecule has 0 heterocycles. The predicted octanol–water partition coefficient (Wildman–Crippen LogP) is 1.58. The fraction of sp³-hybridized carbons (Fsp3) is 0.933. The van der Waals surface area contributed by atoms with Crippen molar-refractivity contribution < 1.29 is 66.4 Å². The third kappa shape index (κ3) is 35.0. The highest BCUT2D eigenvalue weighted by atomic mass is 16.6. The van der Waals surface area contributed by atoms with E-state index in [0.29, 0.717) is 139 Å². The van der Waals surface area contributed by atoms with E-state index in [4.69, 9.17) is 52.1 Å². The Morgan fingerprint density at radius 2 is 0.733 bits per heavy atom. The van der Waals surface area contributed by atoms with Gasteiger partial charge in [0.05, 0.1) is 146 Å². The summed E-state index contributed by atoms with van der Waals surface area (Å²) in [6.07, 6.45) is -0.126. The van der Waals surface area contributed by atoms with Crippen LogP contribution in [0.4, 0.5) is 4.79 Å². The van der Waals surface area contributed by atoms with E-state index in [2.05, 4.69) is 4.74 Å². The molecule has 15 heteroatoms. The molecular weight excluding hydrogens is 598 g/mol. The average Bonchev–Trinajstić information content (AvgIpc) is 3.00. The van der Waals surface area contributed by atoms with Gasteiger partial charge in [0.1, 0.15) is 5.60 Å². The van der Waals surface area contributed by atoms with Crippen LogP contribution in [-0.2, 0) is 61.6 Å². The van der Waals surface area contributed by atoms with Crippen LogP contribution in [0.5, 0.6) is 0 Å². The van der Waals surface area contributed by atoms with Crippen molar-refractivity contribution in [2.45, 2.75) is 32.8 Å². The van der Waals surface area contributed by atoms with E-state index in [1.54, 1.807) is 7.05 Å². The van der Waals surface area contributed by atoms with Gasteiger partial charge >= 0.3 is 12.1 Å². The Morgan fingerprint density at radius 3 is 1.00 bits per heavy atom. The van der Waals surface area contributed by atoms with Gasteiger partial charge < -0.3 is 61.7 Å². The first-order valence-corrected chi connectivity index (χ1v) is 15.5. The van der Waals surface area contributed by atoms with Gasteiger partial charge in [-0.3, -0.25) is 4.79 Å². The molecule has 268 valence electrons. The molecule has 0 aromatic heterocycles. The summed E-state index contributed by atoms with van der Waals surface area (Å²) in [5.41, 5.74) is -0.512. The van der Waals surface area contributed by atoms with Crippen molar-refractivity contribution in [2.75, 3.05) is 153 Å². The quantitative estimate of drug-likeness (QED) is 0.0743. The first kappa shape index (κ1) is 43.3. The van der Waals surface area contributed by atoms with Crippen molar-refractivity contribution in [3.05, 3.63) is 0 Å². The van der Waals surface area contributed by atoms with Crippen molar-refractivity contribution in [1.29, 1.82) is 0 Å². The number of rotatable bonds is 33. The Morgan fingerprint density at radius 1 is 0.467 bits per heavy atom. The lowest BCUT2D eigenvalue weighted by Gasteiger charge is -2.24. The third-order valence-corrected chi connectivity index (χ3v) is 5.30. The molecule has 0 aliphatic rings. The van der Waals surface area contributed by atoms with Crippen molar-refractivity contribution in [1.82, 2.24) is 4.90 Å². The zero-order valence-corrected chi connectivity index (χ0v) is 28.2. The highest BCUT2D eigenvalue weighted by molar-refractivity contribution is 5.69. The van der Waals surface area contributed by atoms with E-state index in [9.17, 15) is 9.59 Å². The Bertz CT molecular complexity index is 665. The van der Waals surface area contributed by atoms with Crippen LogP contribution in [0.2, 0.25) is 0 Å². The maximum Gasteiger partial charge on any atom is 0.410 e. The monoisotopic (exact) mass is 657 g/mol. The SMILES string of the molecule is COC(=O)CCOCCOCCOCCOCCOCCOCCOCCOCCOCCOCCN(C)C(=O)OC(C)(C)C. The van der Waals surface area contributed by atoms with E-state index < -0.39 is 5.60 Å². The molecule has 0 unspecified atom stereocenters. The number of methoxy groups -OCH3 is 1. The van der Waals surface area contributed by atoms with Crippen LogP contribution >= 0.6 is 0 Å². The topological polar surface area (TPSA) is 148 Å². The Kier molecular flexibility index (Phi) is 31.1. The average molecular weight is 658 g/mol. The minimum Gasteiger partial charge on any atom is -0.469 e. The van der Waals surface area contributed by atoms with Crippen LogP contribution < -0.4 is 0 Å². The highest BCUT2D eigenvalue weighted by Gasteiger charge is 2.19. The lowest BCUT2D eigenvalue weighted by atomic mass is 10.2. The zero-order chi connectivity index (χ0) is 33.3. The van der Waals surface area contributed by atoms with Crippen LogP contribution in [0, 0.1) is 0 Å². The number of amides is 1. The zero-order valence-electron chi connectivity index (χ0n) is 28.2. The number of likely N-dealkylation sites (N-methyl/N-ethyl adjacent to an activating group) is 1. The molecule has 0 radical (unpaired) electrons. The van der Waals surface area contributed by atoms with Crippen LogP contribution in [0.1, 0.15) is 27.2 Å². The van der Waals surface area contributed by atoms with Gasteiger partial charge in [0.2, 0.25) is 0 Å². The van der Waals surface area contributed by atoms with Gasteiger partial charge in [0, 0.05) is 13.6 Å². The van der Waals surface area contributed by atoms with Crippen molar-refractivity contribution in [3.63, 3.8) is 0 Å². The molecule has 0 rings (SSSR count). The fourth-order valence-electron chi connectivity index (χ4n) is 2.97. The molecule has 0 aromatic rings. The summed E-state index contributed by atoms with van der Waals surface area (Å²) in [4.78, 5) is 24.2. The third-order valence-electron chi connectivity index (χ3n) is 5.30. The summed E-state index contributed by atoms with van der Waals surface area (Å²) in [6, 6.07) is 0. The second kappa shape index (κ2) is 32.3. The van der Waals surface area contributed by atoms with Crippen molar-refractivity contribution >= 4 is 12.1 Å². The van der Waals surface area contributed by atoms with E-state index in [0.717, 1.165) is 0 Å². The maximum absolute atomic E-state index is 11.8. The van der Waals surface area contributed by atoms with Gasteiger partial charge in [-0.05, 0) is 20.8 Å². The molecule has 15 nitrogen and oxygen atoms in total. The van der Waals surface area contributed by atoms with E-state index in [-0.39, 0.29) is 18.5 Å². The molecule has 0 N–H and O–H groups in total. The number of hydrogen-bond acceptors (Lipinski definition) is 14. The van der Waals surface area contributed by atoms with Gasteiger partial charge in [-0.15, -0.1) is 0 Å². The summed E-state index contributed by atoms with van der Waals surface area (Å²) < 4.78 is 64.1. The van der Waals surface area contributed by atoms with Crippen molar-refractivity contribution in [3.8, 4) is 0 Å². The molecule has 0 atom stereocenters. The molecule has 45 heavy (non-hydrogen) atoms. The fourth-order valence-corrected chi connectivity index (χ4v) is 2.97. The summed E-state index contributed by atoms with van der Waals surface area (Å²) >= 11 is 0.